The summed E-state index contributed by atoms with van der Waals surface area (Å²) in [6.45, 7) is 2.14. The average Bonchev–Trinajstić information content (AvgIpc) is 2.96. The lowest BCUT2D eigenvalue weighted by molar-refractivity contribution is -0.137. The Hall–Kier alpha value is -1.62. The Morgan fingerprint density at radius 2 is 2.04 bits per heavy atom. The lowest BCUT2D eigenvalue weighted by Gasteiger charge is -2.04. The van der Waals surface area contributed by atoms with Gasteiger partial charge in [-0.2, -0.15) is 0 Å². The highest BCUT2D eigenvalue weighted by atomic mass is 16.4. The zero-order valence-corrected chi connectivity index (χ0v) is 14.0. The zero-order chi connectivity index (χ0) is 16.9. The first-order valence-corrected chi connectivity index (χ1v) is 8.64. The van der Waals surface area contributed by atoms with Crippen LogP contribution in [0.15, 0.2) is 16.9 Å². The number of aromatic nitrogens is 1. The molecule has 23 heavy (non-hydrogen) atoms. The molecule has 5 nitrogen and oxygen atoms in total. The van der Waals surface area contributed by atoms with Gasteiger partial charge in [0.1, 0.15) is 5.76 Å². The minimum Gasteiger partial charge on any atom is -0.481 e. The minimum absolute atomic E-state index is 0.244. The molecule has 0 radical (unpaired) electrons. The highest BCUT2D eigenvalue weighted by Crippen LogP contribution is 2.15. The van der Waals surface area contributed by atoms with Gasteiger partial charge in [0.2, 0.25) is 0 Å². The number of aliphatic carboxylic acids is 1. The molecule has 130 valence electrons. The highest BCUT2D eigenvalue weighted by Gasteiger charge is 2.06. The van der Waals surface area contributed by atoms with Gasteiger partial charge in [-0.3, -0.25) is 4.79 Å². The number of hydrogen-bond acceptors (Lipinski definition) is 4. The zero-order valence-electron chi connectivity index (χ0n) is 14.0. The summed E-state index contributed by atoms with van der Waals surface area (Å²) >= 11 is 0. The summed E-state index contributed by atoms with van der Waals surface area (Å²) in [6, 6.07) is 0. The van der Waals surface area contributed by atoms with E-state index in [0.29, 0.717) is 5.76 Å². The Morgan fingerprint density at radius 3 is 2.78 bits per heavy atom. The van der Waals surface area contributed by atoms with E-state index in [0.717, 1.165) is 63.5 Å². The third-order valence-electron chi connectivity index (χ3n) is 3.80. The number of nitrogens with zero attached hydrogens (tertiary/aromatic N) is 1. The number of carbonyl (C=O) groups is 1. The third-order valence-corrected chi connectivity index (χ3v) is 3.80. The van der Waals surface area contributed by atoms with Gasteiger partial charge in [-0.1, -0.05) is 45.1 Å². The van der Waals surface area contributed by atoms with E-state index in [1.807, 2.05) is 6.08 Å². The molecule has 5 heteroatoms. The van der Waals surface area contributed by atoms with Gasteiger partial charge in [0.15, 0.2) is 6.39 Å². The van der Waals surface area contributed by atoms with Crippen LogP contribution in [0.5, 0.6) is 0 Å². The maximum absolute atomic E-state index is 10.4. The van der Waals surface area contributed by atoms with Crippen LogP contribution >= 0.6 is 0 Å². The van der Waals surface area contributed by atoms with Crippen LogP contribution in [0.3, 0.4) is 0 Å². The summed E-state index contributed by atoms with van der Waals surface area (Å²) in [7, 11) is 0. The second kappa shape index (κ2) is 11.9. The second-order valence-corrected chi connectivity index (χ2v) is 5.89. The molecule has 1 aromatic rings. The van der Waals surface area contributed by atoms with E-state index in [1.54, 1.807) is 6.08 Å². The number of carboxylic acid groups (broad SMARTS) is 1. The molecule has 1 atom stereocenters. The molecule has 0 aliphatic heterocycles. The van der Waals surface area contributed by atoms with E-state index < -0.39 is 12.1 Å². The Morgan fingerprint density at radius 1 is 1.26 bits per heavy atom. The fourth-order valence-corrected chi connectivity index (χ4v) is 2.42. The first-order valence-electron chi connectivity index (χ1n) is 8.64. The largest absolute Gasteiger partial charge is 0.481 e. The number of aliphatic hydroxyl groups is 1. The Kier molecular flexibility index (Phi) is 10.0. The van der Waals surface area contributed by atoms with Gasteiger partial charge < -0.3 is 14.6 Å². The van der Waals surface area contributed by atoms with Gasteiger partial charge in [0, 0.05) is 6.42 Å². The van der Waals surface area contributed by atoms with E-state index in [4.69, 9.17) is 9.52 Å². The van der Waals surface area contributed by atoms with Gasteiger partial charge in [0.25, 0.3) is 0 Å². The van der Waals surface area contributed by atoms with Crippen molar-refractivity contribution in [1.82, 2.24) is 4.98 Å². The van der Waals surface area contributed by atoms with Crippen molar-refractivity contribution in [2.24, 2.45) is 0 Å². The quantitative estimate of drug-likeness (QED) is 0.531. The monoisotopic (exact) mass is 323 g/mol. The molecule has 1 heterocycles. The molecular formula is C18H29NO4. The molecule has 0 aromatic carbocycles. The first kappa shape index (κ1) is 19.4. The number of carboxylic acids is 1. The van der Waals surface area contributed by atoms with Crippen molar-refractivity contribution in [2.75, 3.05) is 0 Å². The van der Waals surface area contributed by atoms with Crippen molar-refractivity contribution in [1.29, 1.82) is 0 Å². The molecular weight excluding hydrogens is 294 g/mol. The third kappa shape index (κ3) is 9.18. The fourth-order valence-electron chi connectivity index (χ4n) is 2.42. The molecule has 1 aromatic heterocycles. The smallest absolute Gasteiger partial charge is 0.303 e. The topological polar surface area (TPSA) is 83.6 Å². The molecule has 0 aliphatic carbocycles. The molecule has 1 unspecified atom stereocenters. The molecule has 0 aliphatic rings. The number of hydrogen-bond donors (Lipinski definition) is 2. The van der Waals surface area contributed by atoms with Crippen molar-refractivity contribution < 1.29 is 19.4 Å². The number of rotatable bonds is 13. The summed E-state index contributed by atoms with van der Waals surface area (Å²) < 4.78 is 5.36. The molecule has 0 saturated carbocycles. The molecule has 1 rings (SSSR count). The van der Waals surface area contributed by atoms with Gasteiger partial charge in [-0.25, -0.2) is 4.98 Å². The van der Waals surface area contributed by atoms with E-state index in [1.165, 1.54) is 6.39 Å². The predicted molar refractivity (Wildman–Crippen MR) is 90.1 cm³/mol. The van der Waals surface area contributed by atoms with Crippen molar-refractivity contribution in [2.45, 2.75) is 77.2 Å². The molecule has 2 N–H and O–H groups in total. The Labute approximate surface area is 138 Å². The van der Waals surface area contributed by atoms with E-state index in [-0.39, 0.29) is 6.42 Å². The summed E-state index contributed by atoms with van der Waals surface area (Å²) in [5.41, 5.74) is 0.903. The van der Waals surface area contributed by atoms with Crippen molar-refractivity contribution >= 4 is 12.0 Å². The summed E-state index contributed by atoms with van der Waals surface area (Å²) in [6.07, 6.45) is 13.3. The normalized spacial score (nSPS) is 12.8. The SMILES string of the molecule is CCCCCC(O)/C=C/c1ocnc1CCCCCCC(=O)O. The minimum atomic E-state index is -0.730. The number of aliphatic hydroxyl groups excluding tert-OH is 1. The van der Waals surface area contributed by atoms with Crippen LogP contribution in [-0.4, -0.2) is 27.3 Å². The van der Waals surface area contributed by atoms with Crippen LogP contribution in [-0.2, 0) is 11.2 Å². The van der Waals surface area contributed by atoms with Crippen LogP contribution in [0.25, 0.3) is 6.08 Å². The second-order valence-electron chi connectivity index (χ2n) is 5.89. The lowest BCUT2D eigenvalue weighted by Crippen LogP contribution is -2.01. The number of aryl methyl sites for hydroxylation is 1. The van der Waals surface area contributed by atoms with Crippen molar-refractivity contribution in [3.05, 3.63) is 23.9 Å². The maximum atomic E-state index is 10.4. The van der Waals surface area contributed by atoms with E-state index in [2.05, 4.69) is 11.9 Å². The first-order chi connectivity index (χ1) is 11.1. The van der Waals surface area contributed by atoms with Crippen LogP contribution in [0.1, 0.15) is 76.2 Å². The Bertz CT molecular complexity index is 467. The summed E-state index contributed by atoms with van der Waals surface area (Å²) in [5.74, 6) is -0.0171. The van der Waals surface area contributed by atoms with Gasteiger partial charge >= 0.3 is 5.97 Å². The highest BCUT2D eigenvalue weighted by molar-refractivity contribution is 5.66. The van der Waals surface area contributed by atoms with Crippen LogP contribution in [0.2, 0.25) is 0 Å². The maximum Gasteiger partial charge on any atom is 0.303 e. The van der Waals surface area contributed by atoms with Crippen LogP contribution in [0, 0.1) is 0 Å². The number of unbranched alkanes of at least 4 members (excludes halogenated alkanes) is 5. The van der Waals surface area contributed by atoms with E-state index in [9.17, 15) is 9.90 Å². The van der Waals surface area contributed by atoms with Crippen molar-refractivity contribution in [3.63, 3.8) is 0 Å². The van der Waals surface area contributed by atoms with Crippen LogP contribution in [0.4, 0.5) is 0 Å². The Balaban J connectivity index is 2.28. The average molecular weight is 323 g/mol. The lowest BCUT2D eigenvalue weighted by atomic mass is 10.1. The predicted octanol–water partition coefficient (Wildman–Crippen LogP) is 4.21. The van der Waals surface area contributed by atoms with Gasteiger partial charge in [-0.05, 0) is 31.8 Å². The van der Waals surface area contributed by atoms with E-state index >= 15 is 0 Å². The van der Waals surface area contributed by atoms with Crippen LogP contribution < -0.4 is 0 Å². The summed E-state index contributed by atoms with van der Waals surface area (Å²) in [5, 5.41) is 18.5. The molecule has 0 amide bonds. The molecule has 0 bridgehead atoms. The summed E-state index contributed by atoms with van der Waals surface area (Å²) in [4.78, 5) is 14.6. The molecule has 0 spiro atoms. The number of oxazole rings is 1. The van der Waals surface area contributed by atoms with Gasteiger partial charge in [0.05, 0.1) is 11.8 Å². The van der Waals surface area contributed by atoms with Gasteiger partial charge in [-0.15, -0.1) is 0 Å². The molecule has 0 fully saturated rings. The fraction of sp³-hybridized carbons (Fsp3) is 0.667. The molecule has 0 saturated heterocycles. The van der Waals surface area contributed by atoms with Crippen molar-refractivity contribution in [3.8, 4) is 0 Å². The standard InChI is InChI=1S/C18H29NO4/c1-2-3-6-9-15(20)12-13-17-16(19-14-23-17)10-7-4-5-8-11-18(21)22/h12-15,20H,2-11H2,1H3,(H,21,22)/b13-12+.